The molecule has 2 rings (SSSR count). The molecule has 1 saturated carbocycles. The summed E-state index contributed by atoms with van der Waals surface area (Å²) in [7, 11) is 0. The van der Waals surface area contributed by atoms with E-state index in [1.807, 2.05) is 45.9 Å². The van der Waals surface area contributed by atoms with Crippen LogP contribution in [0.2, 0.25) is 0 Å². The van der Waals surface area contributed by atoms with Gasteiger partial charge in [-0.1, -0.05) is 49.6 Å². The van der Waals surface area contributed by atoms with E-state index >= 15 is 0 Å². The van der Waals surface area contributed by atoms with Crippen molar-refractivity contribution in [2.75, 3.05) is 13.2 Å². The number of alkyl carbamates (subject to hydrolysis) is 1. The van der Waals surface area contributed by atoms with E-state index in [0.29, 0.717) is 12.0 Å². The summed E-state index contributed by atoms with van der Waals surface area (Å²) in [6, 6.07) is 3.91. The van der Waals surface area contributed by atoms with Crippen molar-refractivity contribution in [3.05, 3.63) is 34.9 Å². The molecule has 3 amide bonds. The third-order valence-corrected chi connectivity index (χ3v) is 6.89. The summed E-state index contributed by atoms with van der Waals surface area (Å²) in [5.41, 5.74) is 1.92. The summed E-state index contributed by atoms with van der Waals surface area (Å²) < 4.78 is 10.5. The lowest BCUT2D eigenvalue weighted by Gasteiger charge is -2.44. The van der Waals surface area contributed by atoms with Gasteiger partial charge in [0.05, 0.1) is 13.0 Å². The Morgan fingerprint density at radius 1 is 1.05 bits per heavy atom. The molecule has 0 saturated heterocycles. The first-order chi connectivity index (χ1) is 18.3. The molecule has 0 spiro atoms. The van der Waals surface area contributed by atoms with Crippen LogP contribution in [0.1, 0.15) is 96.4 Å². The quantitative estimate of drug-likeness (QED) is 0.367. The van der Waals surface area contributed by atoms with Gasteiger partial charge in [-0.05, 0) is 72.3 Å². The average molecular weight is 546 g/mol. The zero-order valence-electron chi connectivity index (χ0n) is 24.9. The Morgan fingerprint density at radius 3 is 2.15 bits per heavy atom. The molecule has 0 radical (unpaired) electrons. The first-order valence-electron chi connectivity index (χ1n) is 14.1. The minimum atomic E-state index is -0.921. The summed E-state index contributed by atoms with van der Waals surface area (Å²) in [5.74, 6) is -1.28. The predicted octanol–water partition coefficient (Wildman–Crippen LogP) is 4.73. The Morgan fingerprint density at radius 2 is 1.67 bits per heavy atom. The molecule has 39 heavy (non-hydrogen) atoms. The van der Waals surface area contributed by atoms with E-state index in [0.717, 1.165) is 30.4 Å². The fraction of sp³-hybridized carbons (Fsp3) is 0.667. The Kier molecular flexibility index (Phi) is 11.8. The van der Waals surface area contributed by atoms with E-state index in [4.69, 9.17) is 9.47 Å². The Hall–Kier alpha value is -3.10. The van der Waals surface area contributed by atoms with Gasteiger partial charge in [-0.15, -0.1) is 0 Å². The molecule has 2 N–H and O–H groups in total. The first kappa shape index (κ1) is 32.1. The second-order valence-corrected chi connectivity index (χ2v) is 11.5. The number of nitrogens with zero attached hydrogens (tertiary/aromatic N) is 1. The molecule has 0 bridgehead atoms. The second kappa shape index (κ2) is 14.3. The molecule has 1 fully saturated rings. The fourth-order valence-corrected chi connectivity index (χ4v) is 4.68. The van der Waals surface area contributed by atoms with Crippen LogP contribution >= 0.6 is 0 Å². The van der Waals surface area contributed by atoms with Crippen molar-refractivity contribution in [3.8, 4) is 0 Å². The van der Waals surface area contributed by atoms with Crippen LogP contribution in [-0.2, 0) is 23.9 Å². The lowest BCUT2D eigenvalue weighted by atomic mass is 9.86. The van der Waals surface area contributed by atoms with Gasteiger partial charge in [0.25, 0.3) is 0 Å². The molecule has 1 aromatic rings. The number of ether oxygens (including phenoxy) is 2. The monoisotopic (exact) mass is 545 g/mol. The molecule has 9 heteroatoms. The van der Waals surface area contributed by atoms with Gasteiger partial charge in [0.1, 0.15) is 17.7 Å². The summed E-state index contributed by atoms with van der Waals surface area (Å²) in [6.07, 6.45) is 2.49. The number of amides is 3. The maximum Gasteiger partial charge on any atom is 0.408 e. The first-order valence-corrected chi connectivity index (χ1v) is 14.1. The van der Waals surface area contributed by atoms with Crippen molar-refractivity contribution in [2.24, 2.45) is 5.92 Å². The zero-order chi connectivity index (χ0) is 29.3. The lowest BCUT2D eigenvalue weighted by molar-refractivity contribution is -0.149. The van der Waals surface area contributed by atoms with Crippen LogP contribution < -0.4 is 10.6 Å². The highest BCUT2D eigenvalue weighted by Gasteiger charge is 2.43. The summed E-state index contributed by atoms with van der Waals surface area (Å²) in [6.45, 7) is 15.2. The van der Waals surface area contributed by atoms with Gasteiger partial charge < -0.3 is 25.0 Å². The Balaban J connectivity index is 2.48. The highest BCUT2D eigenvalue weighted by atomic mass is 16.6. The van der Waals surface area contributed by atoms with E-state index < -0.39 is 29.7 Å². The number of rotatable bonds is 12. The topological polar surface area (TPSA) is 114 Å². The van der Waals surface area contributed by atoms with Crippen molar-refractivity contribution in [2.45, 2.75) is 111 Å². The van der Waals surface area contributed by atoms with Gasteiger partial charge in [0.2, 0.25) is 11.8 Å². The van der Waals surface area contributed by atoms with Crippen LogP contribution in [0.25, 0.3) is 0 Å². The van der Waals surface area contributed by atoms with Gasteiger partial charge >= 0.3 is 12.1 Å². The number of esters is 1. The van der Waals surface area contributed by atoms with E-state index in [-0.39, 0.29) is 43.3 Å². The molecule has 1 aliphatic rings. The highest BCUT2D eigenvalue weighted by Crippen LogP contribution is 2.35. The highest BCUT2D eigenvalue weighted by molar-refractivity contribution is 5.92. The average Bonchev–Trinajstić information content (AvgIpc) is 2.78. The maximum absolute atomic E-state index is 14.3. The van der Waals surface area contributed by atoms with Crippen LogP contribution in [-0.4, -0.2) is 59.6 Å². The molecule has 1 aliphatic carbocycles. The van der Waals surface area contributed by atoms with Crippen molar-refractivity contribution in [1.29, 1.82) is 0 Å². The summed E-state index contributed by atoms with van der Waals surface area (Å²) in [4.78, 5) is 54.4. The van der Waals surface area contributed by atoms with E-state index in [1.54, 1.807) is 32.6 Å². The van der Waals surface area contributed by atoms with Crippen LogP contribution in [0.3, 0.4) is 0 Å². The van der Waals surface area contributed by atoms with E-state index in [9.17, 15) is 19.2 Å². The number of hydrogen-bond acceptors (Lipinski definition) is 6. The molecule has 0 heterocycles. The largest absolute Gasteiger partial charge is 0.466 e. The Labute approximate surface area is 233 Å². The minimum absolute atomic E-state index is 0.0339. The van der Waals surface area contributed by atoms with Gasteiger partial charge in [0.15, 0.2) is 0 Å². The number of benzene rings is 1. The molecule has 1 aromatic carbocycles. The Bertz CT molecular complexity index is 994. The second-order valence-electron chi connectivity index (χ2n) is 11.5. The summed E-state index contributed by atoms with van der Waals surface area (Å²) >= 11 is 0. The van der Waals surface area contributed by atoms with Gasteiger partial charge in [0, 0.05) is 12.6 Å². The third kappa shape index (κ3) is 9.55. The molecule has 0 aromatic heterocycles. The van der Waals surface area contributed by atoms with Crippen molar-refractivity contribution >= 4 is 23.9 Å². The number of carbonyl (C=O) groups is 4. The minimum Gasteiger partial charge on any atom is -0.466 e. The molecule has 0 aliphatic heterocycles. The SMILES string of the molecule is CCOC(=O)CCNC(=O)C(c1cc(C)cc(C)c1)N(C(=O)C(NC(=O)OC(C)(C)C)C(C)CC)C1CCC1. The number of hydrogen-bond donors (Lipinski definition) is 2. The third-order valence-electron chi connectivity index (χ3n) is 6.89. The maximum atomic E-state index is 14.3. The molecule has 3 unspecified atom stereocenters. The van der Waals surface area contributed by atoms with Crippen LogP contribution in [0.4, 0.5) is 4.79 Å². The summed E-state index contributed by atoms with van der Waals surface area (Å²) in [5, 5.41) is 5.66. The van der Waals surface area contributed by atoms with E-state index in [2.05, 4.69) is 10.6 Å². The van der Waals surface area contributed by atoms with E-state index in [1.165, 1.54) is 0 Å². The number of nitrogens with one attached hydrogen (secondary N) is 2. The lowest BCUT2D eigenvalue weighted by Crippen LogP contribution is -2.59. The standard InChI is InChI=1S/C30H47N3O6/c1-9-21(5)25(32-29(37)39-30(6,7)8)28(36)33(23-12-11-13-23)26(22-17-19(3)16-20(4)18-22)27(35)31-15-14-24(34)38-10-2/h16-18,21,23,25-26H,9-15H2,1-8H3,(H,31,35)(H,32,37). The fourth-order valence-electron chi connectivity index (χ4n) is 4.68. The van der Waals surface area contributed by atoms with Crippen LogP contribution in [0.15, 0.2) is 18.2 Å². The molecule has 218 valence electrons. The van der Waals surface area contributed by atoms with Gasteiger partial charge in [-0.2, -0.15) is 0 Å². The normalized spacial score (nSPS) is 15.8. The molecule has 3 atom stereocenters. The molecular weight excluding hydrogens is 498 g/mol. The number of aryl methyl sites for hydroxylation is 2. The van der Waals surface area contributed by atoms with Crippen molar-refractivity contribution < 1.29 is 28.7 Å². The van der Waals surface area contributed by atoms with Crippen molar-refractivity contribution in [1.82, 2.24) is 15.5 Å². The zero-order valence-corrected chi connectivity index (χ0v) is 24.9. The molecule has 9 nitrogen and oxygen atoms in total. The smallest absolute Gasteiger partial charge is 0.408 e. The van der Waals surface area contributed by atoms with Crippen molar-refractivity contribution in [3.63, 3.8) is 0 Å². The van der Waals surface area contributed by atoms with Crippen LogP contribution in [0.5, 0.6) is 0 Å². The molecular formula is C30H47N3O6. The van der Waals surface area contributed by atoms with Gasteiger partial charge in [-0.25, -0.2) is 4.79 Å². The number of carbonyl (C=O) groups excluding carboxylic acids is 4. The predicted molar refractivity (Wildman–Crippen MR) is 150 cm³/mol. The van der Waals surface area contributed by atoms with Crippen LogP contribution in [0, 0.1) is 19.8 Å². The van der Waals surface area contributed by atoms with Gasteiger partial charge in [-0.3, -0.25) is 14.4 Å².